The minimum Gasteiger partial charge on any atom is -0.264 e. The lowest BCUT2D eigenvalue weighted by molar-refractivity contribution is 0.591. The molecule has 0 fully saturated rings. The van der Waals surface area contributed by atoms with Crippen molar-refractivity contribution in [3.05, 3.63) is 53.6 Å². The topological polar surface area (TPSA) is 37.4 Å². The van der Waals surface area contributed by atoms with Crippen LogP contribution in [0.15, 0.2) is 58.3 Å². The molecule has 0 aromatic heterocycles. The van der Waals surface area contributed by atoms with Gasteiger partial charge in [0.15, 0.2) is 0 Å². The van der Waals surface area contributed by atoms with Gasteiger partial charge in [-0.15, -0.1) is 11.8 Å². The Labute approximate surface area is 127 Å². The normalized spacial score (nSPS) is 14.9. The van der Waals surface area contributed by atoms with Crippen molar-refractivity contribution in [1.82, 2.24) is 0 Å². The van der Waals surface area contributed by atoms with Crippen LogP contribution in [0.25, 0.3) is 0 Å². The molecule has 0 spiro atoms. The number of fused-ring (bicyclic) bond motifs is 1. The number of thioether (sulfide) groups is 1. The van der Waals surface area contributed by atoms with E-state index in [1.807, 2.05) is 24.3 Å². The second kappa shape index (κ2) is 5.31. The molecule has 0 saturated heterocycles. The Morgan fingerprint density at radius 3 is 2.50 bits per heavy atom. The first-order chi connectivity index (χ1) is 9.59. The molecule has 0 unspecified atom stereocenters. The van der Waals surface area contributed by atoms with Gasteiger partial charge in [0.25, 0.3) is 10.0 Å². The standard InChI is InChI=1S/C14H12ClNO2S2/c15-11-5-7-12(8-6-11)20(17,18)16-9-10-19-14-4-2-1-3-13(14)16/h1-8H,9-10H2. The molecule has 1 aliphatic rings. The average molecular weight is 326 g/mol. The highest BCUT2D eigenvalue weighted by Crippen LogP contribution is 2.37. The first kappa shape index (κ1) is 13.8. The van der Waals surface area contributed by atoms with Crippen molar-refractivity contribution in [3.8, 4) is 0 Å². The molecule has 0 saturated carbocycles. The number of benzene rings is 2. The number of para-hydroxylation sites is 1. The summed E-state index contributed by atoms with van der Waals surface area (Å²) in [5, 5.41) is 0.526. The van der Waals surface area contributed by atoms with Crippen LogP contribution in [-0.2, 0) is 10.0 Å². The van der Waals surface area contributed by atoms with E-state index in [0.717, 1.165) is 16.3 Å². The summed E-state index contributed by atoms with van der Waals surface area (Å²) in [7, 11) is -3.53. The van der Waals surface area contributed by atoms with Gasteiger partial charge in [0, 0.05) is 22.2 Å². The van der Waals surface area contributed by atoms with E-state index in [0.29, 0.717) is 11.6 Å². The van der Waals surface area contributed by atoms with Gasteiger partial charge in [-0.1, -0.05) is 23.7 Å². The van der Waals surface area contributed by atoms with Gasteiger partial charge in [0.2, 0.25) is 0 Å². The van der Waals surface area contributed by atoms with Gasteiger partial charge in [-0.2, -0.15) is 0 Å². The quantitative estimate of drug-likeness (QED) is 0.846. The molecule has 6 heteroatoms. The first-order valence-corrected chi connectivity index (χ1v) is 8.89. The summed E-state index contributed by atoms with van der Waals surface area (Å²) < 4.78 is 26.9. The van der Waals surface area contributed by atoms with Crippen LogP contribution < -0.4 is 4.31 Å². The van der Waals surface area contributed by atoms with E-state index >= 15 is 0 Å². The van der Waals surface area contributed by atoms with Crippen LogP contribution in [0.3, 0.4) is 0 Å². The molecule has 0 aliphatic carbocycles. The average Bonchev–Trinajstić information content (AvgIpc) is 2.47. The Kier molecular flexibility index (Phi) is 3.67. The monoisotopic (exact) mass is 325 g/mol. The van der Waals surface area contributed by atoms with Gasteiger partial charge < -0.3 is 0 Å². The Bertz CT molecular complexity index is 729. The fourth-order valence-electron chi connectivity index (χ4n) is 2.13. The number of hydrogen-bond acceptors (Lipinski definition) is 3. The summed E-state index contributed by atoms with van der Waals surface area (Å²) in [6.07, 6.45) is 0. The van der Waals surface area contributed by atoms with E-state index in [-0.39, 0.29) is 4.90 Å². The van der Waals surface area contributed by atoms with Crippen LogP contribution in [0.4, 0.5) is 5.69 Å². The Hall–Kier alpha value is -1.17. The minimum atomic E-state index is -3.53. The Morgan fingerprint density at radius 1 is 1.05 bits per heavy atom. The molecule has 2 aromatic rings. The number of halogens is 1. The highest BCUT2D eigenvalue weighted by atomic mass is 35.5. The molecular weight excluding hydrogens is 314 g/mol. The third-order valence-electron chi connectivity index (χ3n) is 3.09. The number of anilines is 1. The maximum absolute atomic E-state index is 12.7. The van der Waals surface area contributed by atoms with E-state index in [2.05, 4.69) is 0 Å². The molecule has 1 heterocycles. The third kappa shape index (κ3) is 2.41. The third-order valence-corrected chi connectivity index (χ3v) is 6.21. The van der Waals surface area contributed by atoms with E-state index in [1.54, 1.807) is 36.0 Å². The van der Waals surface area contributed by atoms with Gasteiger partial charge in [-0.3, -0.25) is 4.31 Å². The molecule has 3 nitrogen and oxygen atoms in total. The zero-order valence-corrected chi connectivity index (χ0v) is 12.9. The van der Waals surface area contributed by atoms with Crippen LogP contribution in [0, 0.1) is 0 Å². The van der Waals surface area contributed by atoms with Crippen LogP contribution in [0.2, 0.25) is 5.02 Å². The fraction of sp³-hybridized carbons (Fsp3) is 0.143. The molecular formula is C14H12ClNO2S2. The molecule has 0 N–H and O–H groups in total. The SMILES string of the molecule is O=S(=O)(c1ccc(Cl)cc1)N1CCSc2ccccc21. The molecule has 2 aromatic carbocycles. The maximum atomic E-state index is 12.7. The van der Waals surface area contributed by atoms with E-state index in [1.165, 1.54) is 4.31 Å². The number of hydrogen-bond donors (Lipinski definition) is 0. The van der Waals surface area contributed by atoms with Crippen molar-refractivity contribution < 1.29 is 8.42 Å². The predicted octanol–water partition coefficient (Wildman–Crippen LogP) is 3.64. The highest BCUT2D eigenvalue weighted by molar-refractivity contribution is 8.00. The Balaban J connectivity index is 2.07. The van der Waals surface area contributed by atoms with Gasteiger partial charge >= 0.3 is 0 Å². The van der Waals surface area contributed by atoms with E-state index in [4.69, 9.17) is 11.6 Å². The number of sulfonamides is 1. The molecule has 20 heavy (non-hydrogen) atoms. The zero-order valence-electron chi connectivity index (χ0n) is 10.5. The van der Waals surface area contributed by atoms with Crippen molar-refractivity contribution in [1.29, 1.82) is 0 Å². The van der Waals surface area contributed by atoms with Crippen molar-refractivity contribution >= 4 is 39.1 Å². The fourth-order valence-corrected chi connectivity index (χ4v) is 4.91. The van der Waals surface area contributed by atoms with Crippen LogP contribution >= 0.6 is 23.4 Å². The van der Waals surface area contributed by atoms with Crippen molar-refractivity contribution in [2.24, 2.45) is 0 Å². The summed E-state index contributed by atoms with van der Waals surface area (Å²) in [5.74, 6) is 0.754. The number of nitrogens with zero attached hydrogens (tertiary/aromatic N) is 1. The van der Waals surface area contributed by atoms with Crippen LogP contribution in [0.1, 0.15) is 0 Å². The van der Waals surface area contributed by atoms with Gasteiger partial charge in [0.05, 0.1) is 10.6 Å². The minimum absolute atomic E-state index is 0.267. The predicted molar refractivity (Wildman–Crippen MR) is 83.1 cm³/mol. The lowest BCUT2D eigenvalue weighted by Crippen LogP contribution is -2.35. The number of rotatable bonds is 2. The summed E-state index contributed by atoms with van der Waals surface area (Å²) in [5.41, 5.74) is 0.749. The van der Waals surface area contributed by atoms with Gasteiger partial charge in [-0.25, -0.2) is 8.42 Å². The van der Waals surface area contributed by atoms with E-state index < -0.39 is 10.0 Å². The largest absolute Gasteiger partial charge is 0.264 e. The zero-order chi connectivity index (χ0) is 14.2. The van der Waals surface area contributed by atoms with Crippen LogP contribution in [0.5, 0.6) is 0 Å². The van der Waals surface area contributed by atoms with E-state index in [9.17, 15) is 8.42 Å². The molecule has 1 aliphatic heterocycles. The molecule has 104 valence electrons. The molecule has 0 amide bonds. The highest BCUT2D eigenvalue weighted by Gasteiger charge is 2.29. The maximum Gasteiger partial charge on any atom is 0.264 e. The summed E-state index contributed by atoms with van der Waals surface area (Å²) in [6.45, 7) is 0.479. The lowest BCUT2D eigenvalue weighted by atomic mass is 10.3. The van der Waals surface area contributed by atoms with Gasteiger partial charge in [0.1, 0.15) is 0 Å². The summed E-state index contributed by atoms with van der Waals surface area (Å²) >= 11 is 7.50. The van der Waals surface area contributed by atoms with Crippen molar-refractivity contribution in [2.75, 3.05) is 16.6 Å². The molecule has 0 bridgehead atoms. The van der Waals surface area contributed by atoms with Crippen molar-refractivity contribution in [3.63, 3.8) is 0 Å². The molecule has 3 rings (SSSR count). The second-order valence-electron chi connectivity index (χ2n) is 4.35. The Morgan fingerprint density at radius 2 is 1.75 bits per heavy atom. The summed E-state index contributed by atoms with van der Waals surface area (Å²) in [4.78, 5) is 1.26. The molecule has 0 radical (unpaired) electrons. The molecule has 0 atom stereocenters. The smallest absolute Gasteiger partial charge is 0.264 e. The van der Waals surface area contributed by atoms with Crippen LogP contribution in [-0.4, -0.2) is 20.7 Å². The van der Waals surface area contributed by atoms with Gasteiger partial charge in [-0.05, 0) is 36.4 Å². The lowest BCUT2D eigenvalue weighted by Gasteiger charge is -2.29. The summed E-state index contributed by atoms with van der Waals surface area (Å²) in [6, 6.07) is 13.8. The first-order valence-electron chi connectivity index (χ1n) is 6.09. The second-order valence-corrected chi connectivity index (χ2v) is 7.78. The van der Waals surface area contributed by atoms with Crippen molar-refractivity contribution in [2.45, 2.75) is 9.79 Å².